The maximum Gasteiger partial charge on any atom is 0.303 e. The lowest BCUT2D eigenvalue weighted by Gasteiger charge is -2.13. The first-order chi connectivity index (χ1) is 11.1. The number of fused-ring (bicyclic) bond motifs is 1. The number of ether oxygens (including phenoxy) is 1. The zero-order valence-electron chi connectivity index (χ0n) is 13.7. The van der Waals surface area contributed by atoms with Gasteiger partial charge < -0.3 is 20.5 Å². The molecule has 0 unspecified atom stereocenters. The van der Waals surface area contributed by atoms with Gasteiger partial charge in [0.25, 0.3) is 0 Å². The fraction of sp³-hybridized carbons (Fsp3) is 0.529. The SMILES string of the molecule is Cl.O=C(O)CCc1ccc2c(c1)CNCC(=O)NCCCCCO2. The van der Waals surface area contributed by atoms with E-state index in [9.17, 15) is 9.59 Å². The second-order valence-electron chi connectivity index (χ2n) is 5.70. The molecule has 1 aromatic rings. The van der Waals surface area contributed by atoms with E-state index in [1.807, 2.05) is 18.2 Å². The number of rotatable bonds is 3. The van der Waals surface area contributed by atoms with Gasteiger partial charge in [0.05, 0.1) is 13.2 Å². The number of amides is 1. The summed E-state index contributed by atoms with van der Waals surface area (Å²) in [5.41, 5.74) is 1.92. The van der Waals surface area contributed by atoms with Crippen molar-refractivity contribution in [3.63, 3.8) is 0 Å². The third-order valence-electron chi connectivity index (χ3n) is 3.75. The molecule has 0 saturated carbocycles. The summed E-state index contributed by atoms with van der Waals surface area (Å²) in [7, 11) is 0. The maximum atomic E-state index is 11.7. The Morgan fingerprint density at radius 3 is 2.83 bits per heavy atom. The van der Waals surface area contributed by atoms with Gasteiger partial charge in [-0.25, -0.2) is 0 Å². The molecule has 0 spiro atoms. The highest BCUT2D eigenvalue weighted by atomic mass is 35.5. The largest absolute Gasteiger partial charge is 0.493 e. The minimum atomic E-state index is -0.805. The van der Waals surface area contributed by atoms with Crippen LogP contribution in [0.5, 0.6) is 5.75 Å². The number of carbonyl (C=O) groups is 2. The van der Waals surface area contributed by atoms with Gasteiger partial charge in [0.2, 0.25) is 5.91 Å². The fourth-order valence-corrected chi connectivity index (χ4v) is 2.51. The number of aryl methyl sites for hydroxylation is 1. The lowest BCUT2D eigenvalue weighted by Crippen LogP contribution is -2.34. The highest BCUT2D eigenvalue weighted by Gasteiger charge is 2.09. The summed E-state index contributed by atoms with van der Waals surface area (Å²) in [4.78, 5) is 22.4. The van der Waals surface area contributed by atoms with E-state index in [1.165, 1.54) is 0 Å². The van der Waals surface area contributed by atoms with Crippen LogP contribution in [0.15, 0.2) is 18.2 Å². The average molecular weight is 357 g/mol. The highest BCUT2D eigenvalue weighted by molar-refractivity contribution is 5.85. The van der Waals surface area contributed by atoms with Crippen LogP contribution in [0.4, 0.5) is 0 Å². The summed E-state index contributed by atoms with van der Waals surface area (Å²) >= 11 is 0. The van der Waals surface area contributed by atoms with Gasteiger partial charge >= 0.3 is 5.97 Å². The van der Waals surface area contributed by atoms with Crippen molar-refractivity contribution < 1.29 is 19.4 Å². The number of nitrogens with one attached hydrogen (secondary N) is 2. The standard InChI is InChI=1S/C17H24N2O4.ClH/c20-16-12-18-11-14-10-13(5-7-17(21)22)4-6-15(14)23-9-3-1-2-8-19-16;/h4,6,10,18H,1-3,5,7-9,11-12H2,(H,19,20)(H,21,22);1H. The van der Waals surface area contributed by atoms with Gasteiger partial charge in [0.1, 0.15) is 5.75 Å². The van der Waals surface area contributed by atoms with Crippen molar-refractivity contribution in [2.24, 2.45) is 0 Å². The van der Waals surface area contributed by atoms with Crippen LogP contribution in [0.1, 0.15) is 36.8 Å². The fourth-order valence-electron chi connectivity index (χ4n) is 2.51. The minimum absolute atomic E-state index is 0. The summed E-state index contributed by atoms with van der Waals surface area (Å²) in [6.45, 7) is 2.13. The number of carboxylic acid groups (broad SMARTS) is 1. The Kier molecular flexibility index (Phi) is 9.19. The number of carbonyl (C=O) groups excluding carboxylic acids is 1. The number of aliphatic carboxylic acids is 1. The Labute approximate surface area is 148 Å². The predicted molar refractivity (Wildman–Crippen MR) is 93.7 cm³/mol. The van der Waals surface area contributed by atoms with Crippen molar-refractivity contribution >= 4 is 24.3 Å². The molecule has 6 nitrogen and oxygen atoms in total. The Hall–Kier alpha value is -1.79. The number of benzene rings is 1. The van der Waals surface area contributed by atoms with E-state index in [1.54, 1.807) is 0 Å². The average Bonchev–Trinajstić information content (AvgIpc) is 2.54. The van der Waals surface area contributed by atoms with E-state index in [0.29, 0.717) is 26.1 Å². The quantitative estimate of drug-likeness (QED) is 0.769. The molecule has 24 heavy (non-hydrogen) atoms. The lowest BCUT2D eigenvalue weighted by atomic mass is 10.1. The molecule has 0 bridgehead atoms. The Balaban J connectivity index is 0.00000288. The molecule has 0 radical (unpaired) electrons. The van der Waals surface area contributed by atoms with Crippen molar-refractivity contribution in [2.75, 3.05) is 19.7 Å². The molecular formula is C17H25ClN2O4. The third kappa shape index (κ3) is 7.19. The molecule has 0 aliphatic carbocycles. The first-order valence-electron chi connectivity index (χ1n) is 8.09. The zero-order valence-corrected chi connectivity index (χ0v) is 14.5. The van der Waals surface area contributed by atoms with Gasteiger partial charge in [-0.3, -0.25) is 9.59 Å². The van der Waals surface area contributed by atoms with Crippen molar-refractivity contribution in [1.29, 1.82) is 0 Å². The van der Waals surface area contributed by atoms with E-state index in [4.69, 9.17) is 9.84 Å². The zero-order chi connectivity index (χ0) is 16.5. The number of hydrogen-bond donors (Lipinski definition) is 3. The normalized spacial score (nSPS) is 16.1. The van der Waals surface area contributed by atoms with Crippen LogP contribution in [0.3, 0.4) is 0 Å². The molecule has 2 rings (SSSR count). The van der Waals surface area contributed by atoms with Crippen LogP contribution < -0.4 is 15.4 Å². The van der Waals surface area contributed by atoms with Gasteiger partial charge in [0, 0.05) is 25.1 Å². The van der Waals surface area contributed by atoms with E-state index in [0.717, 1.165) is 36.1 Å². The van der Waals surface area contributed by atoms with Gasteiger partial charge in [-0.2, -0.15) is 0 Å². The molecule has 7 heteroatoms. The third-order valence-corrected chi connectivity index (χ3v) is 3.75. The molecule has 0 fully saturated rings. The van der Waals surface area contributed by atoms with Crippen LogP contribution in [0.25, 0.3) is 0 Å². The van der Waals surface area contributed by atoms with Crippen LogP contribution in [-0.2, 0) is 22.6 Å². The molecule has 134 valence electrons. The summed E-state index contributed by atoms with van der Waals surface area (Å²) in [6, 6.07) is 5.77. The van der Waals surface area contributed by atoms with E-state index in [-0.39, 0.29) is 31.3 Å². The van der Waals surface area contributed by atoms with Crippen LogP contribution >= 0.6 is 12.4 Å². The predicted octanol–water partition coefficient (Wildman–Crippen LogP) is 1.89. The smallest absolute Gasteiger partial charge is 0.303 e. The molecule has 1 aliphatic rings. The highest BCUT2D eigenvalue weighted by Crippen LogP contribution is 2.21. The van der Waals surface area contributed by atoms with Gasteiger partial charge in [0.15, 0.2) is 0 Å². The molecule has 1 aromatic carbocycles. The van der Waals surface area contributed by atoms with Gasteiger partial charge in [-0.1, -0.05) is 12.1 Å². The van der Waals surface area contributed by atoms with Crippen LogP contribution in [0.2, 0.25) is 0 Å². The summed E-state index contributed by atoms with van der Waals surface area (Å²) in [5.74, 6) is -0.00922. The van der Waals surface area contributed by atoms with E-state index in [2.05, 4.69) is 10.6 Å². The molecule has 0 atom stereocenters. The Bertz CT molecular complexity index is 551. The second kappa shape index (κ2) is 10.9. The molecular weight excluding hydrogens is 332 g/mol. The molecule has 1 aliphatic heterocycles. The van der Waals surface area contributed by atoms with Crippen molar-refractivity contribution in [2.45, 2.75) is 38.6 Å². The topological polar surface area (TPSA) is 87.7 Å². The minimum Gasteiger partial charge on any atom is -0.493 e. The summed E-state index contributed by atoms with van der Waals surface area (Å²) in [6.07, 6.45) is 3.51. The maximum absolute atomic E-state index is 11.7. The molecule has 0 saturated heterocycles. The van der Waals surface area contributed by atoms with Crippen LogP contribution in [0, 0.1) is 0 Å². The first kappa shape index (κ1) is 20.3. The van der Waals surface area contributed by atoms with E-state index >= 15 is 0 Å². The van der Waals surface area contributed by atoms with Crippen molar-refractivity contribution in [1.82, 2.24) is 10.6 Å². The Morgan fingerprint density at radius 2 is 2.04 bits per heavy atom. The summed E-state index contributed by atoms with van der Waals surface area (Å²) in [5, 5.41) is 14.8. The first-order valence-corrected chi connectivity index (χ1v) is 8.09. The van der Waals surface area contributed by atoms with Crippen LogP contribution in [-0.4, -0.2) is 36.7 Å². The molecule has 0 aromatic heterocycles. The number of halogens is 1. The van der Waals surface area contributed by atoms with Crippen molar-refractivity contribution in [3.05, 3.63) is 29.3 Å². The van der Waals surface area contributed by atoms with E-state index < -0.39 is 5.97 Å². The van der Waals surface area contributed by atoms with Gasteiger partial charge in [-0.05, 0) is 37.3 Å². The monoisotopic (exact) mass is 356 g/mol. The van der Waals surface area contributed by atoms with Crippen molar-refractivity contribution in [3.8, 4) is 5.75 Å². The lowest BCUT2D eigenvalue weighted by molar-refractivity contribution is -0.137. The second-order valence-corrected chi connectivity index (χ2v) is 5.70. The van der Waals surface area contributed by atoms with Gasteiger partial charge in [-0.15, -0.1) is 12.4 Å². The Morgan fingerprint density at radius 1 is 1.21 bits per heavy atom. The number of hydrogen-bond acceptors (Lipinski definition) is 4. The number of carboxylic acids is 1. The molecule has 1 heterocycles. The summed E-state index contributed by atoms with van der Waals surface area (Å²) < 4.78 is 5.85. The molecule has 1 amide bonds. The molecule has 3 N–H and O–H groups in total.